The predicted octanol–water partition coefficient (Wildman–Crippen LogP) is 3.64. The van der Waals surface area contributed by atoms with E-state index in [-0.39, 0.29) is 17.7 Å². The highest BCUT2D eigenvalue weighted by molar-refractivity contribution is 7.17. The van der Waals surface area contributed by atoms with Gasteiger partial charge in [0.2, 0.25) is 5.43 Å². The molecule has 2 aromatic heterocycles. The molecule has 1 aliphatic heterocycles. The number of ether oxygens (including phenoxy) is 1. The van der Waals surface area contributed by atoms with Gasteiger partial charge in [-0.1, -0.05) is 17.7 Å². The summed E-state index contributed by atoms with van der Waals surface area (Å²) in [5, 5.41) is 10.6. The molecule has 1 aromatic carbocycles. The minimum atomic E-state index is -0.622. The first-order valence-corrected chi connectivity index (χ1v) is 12.8. The van der Waals surface area contributed by atoms with Gasteiger partial charge in [-0.05, 0) is 63.1 Å². The Bertz CT molecular complexity index is 1310. The monoisotopic (exact) mass is 492 g/mol. The van der Waals surface area contributed by atoms with Crippen LogP contribution in [0.5, 0.6) is 0 Å². The zero-order valence-electron chi connectivity index (χ0n) is 19.6. The Morgan fingerprint density at radius 1 is 1.11 bits per heavy atom. The SMILES string of the molecule is Cc1ccc(-n2ccc(=O)c(C(=O)Nc3sc4c(c3C(=O)NC[C@H]3CCCO3)CCCC4)n2)cc1. The largest absolute Gasteiger partial charge is 0.376 e. The van der Waals surface area contributed by atoms with Gasteiger partial charge in [0.05, 0.1) is 17.4 Å². The first-order valence-electron chi connectivity index (χ1n) is 12.0. The molecule has 9 heteroatoms. The summed E-state index contributed by atoms with van der Waals surface area (Å²) in [6.07, 6.45) is 7.24. The Kier molecular flexibility index (Phi) is 6.79. The molecule has 2 amide bonds. The molecular formula is C26H28N4O4S. The highest BCUT2D eigenvalue weighted by atomic mass is 32.1. The molecule has 35 heavy (non-hydrogen) atoms. The summed E-state index contributed by atoms with van der Waals surface area (Å²) in [4.78, 5) is 40.1. The Labute approximate surface area is 207 Å². The van der Waals surface area contributed by atoms with E-state index in [1.165, 1.54) is 28.3 Å². The molecule has 0 radical (unpaired) electrons. The summed E-state index contributed by atoms with van der Waals surface area (Å²) < 4.78 is 7.13. The van der Waals surface area contributed by atoms with Crippen LogP contribution in [-0.2, 0) is 17.6 Å². The first kappa shape index (κ1) is 23.4. The van der Waals surface area contributed by atoms with Gasteiger partial charge in [0.25, 0.3) is 11.8 Å². The predicted molar refractivity (Wildman–Crippen MR) is 135 cm³/mol. The normalized spacial score (nSPS) is 17.1. The molecule has 1 aliphatic carbocycles. The molecule has 0 saturated carbocycles. The molecule has 5 rings (SSSR count). The maximum atomic E-state index is 13.2. The number of carbonyl (C=O) groups excluding carboxylic acids is 2. The van der Waals surface area contributed by atoms with E-state index in [0.717, 1.165) is 66.8 Å². The van der Waals surface area contributed by atoms with E-state index in [2.05, 4.69) is 15.7 Å². The summed E-state index contributed by atoms with van der Waals surface area (Å²) in [5.41, 5.74) is 2.65. The van der Waals surface area contributed by atoms with Gasteiger partial charge < -0.3 is 15.4 Å². The second kappa shape index (κ2) is 10.1. The highest BCUT2D eigenvalue weighted by Gasteiger charge is 2.28. The Hall–Kier alpha value is -3.30. The number of hydrogen-bond donors (Lipinski definition) is 2. The first-order chi connectivity index (χ1) is 17.0. The van der Waals surface area contributed by atoms with E-state index >= 15 is 0 Å². The quantitative estimate of drug-likeness (QED) is 0.547. The van der Waals surface area contributed by atoms with E-state index in [0.29, 0.717) is 17.1 Å². The van der Waals surface area contributed by atoms with Crippen LogP contribution >= 0.6 is 11.3 Å². The fourth-order valence-electron chi connectivity index (χ4n) is 4.56. The number of benzene rings is 1. The zero-order valence-corrected chi connectivity index (χ0v) is 20.5. The molecule has 0 bridgehead atoms. The van der Waals surface area contributed by atoms with Gasteiger partial charge in [-0.2, -0.15) is 5.10 Å². The summed E-state index contributed by atoms with van der Waals surface area (Å²) in [6.45, 7) is 3.15. The van der Waals surface area contributed by atoms with E-state index in [9.17, 15) is 14.4 Å². The van der Waals surface area contributed by atoms with E-state index in [4.69, 9.17) is 4.74 Å². The van der Waals surface area contributed by atoms with Crippen LogP contribution < -0.4 is 16.1 Å². The van der Waals surface area contributed by atoms with E-state index in [1.54, 1.807) is 0 Å². The van der Waals surface area contributed by atoms with Gasteiger partial charge in [-0.3, -0.25) is 14.4 Å². The third-order valence-corrected chi connectivity index (χ3v) is 7.67. The minimum Gasteiger partial charge on any atom is -0.376 e. The van der Waals surface area contributed by atoms with Crippen LogP contribution in [0.4, 0.5) is 5.00 Å². The summed E-state index contributed by atoms with van der Waals surface area (Å²) in [5.74, 6) is -0.837. The lowest BCUT2D eigenvalue weighted by Gasteiger charge is -2.15. The lowest BCUT2D eigenvalue weighted by atomic mass is 9.95. The number of rotatable bonds is 6. The number of nitrogens with one attached hydrogen (secondary N) is 2. The van der Waals surface area contributed by atoms with Crippen LogP contribution in [0.1, 0.15) is 62.5 Å². The smallest absolute Gasteiger partial charge is 0.280 e. The number of carbonyl (C=O) groups is 2. The van der Waals surface area contributed by atoms with Crippen LogP contribution in [0.15, 0.2) is 41.3 Å². The molecule has 1 saturated heterocycles. The van der Waals surface area contributed by atoms with Gasteiger partial charge in [0, 0.05) is 30.3 Å². The molecule has 1 fully saturated rings. The minimum absolute atomic E-state index is 0.0280. The molecule has 2 N–H and O–H groups in total. The Balaban J connectivity index is 1.41. The maximum Gasteiger partial charge on any atom is 0.280 e. The molecule has 2 aliphatic rings. The number of aromatic nitrogens is 2. The lowest BCUT2D eigenvalue weighted by Crippen LogP contribution is -2.33. The number of thiophene rings is 1. The van der Waals surface area contributed by atoms with Crippen molar-refractivity contribution in [3.8, 4) is 5.69 Å². The molecule has 3 heterocycles. The zero-order chi connectivity index (χ0) is 24.4. The highest BCUT2D eigenvalue weighted by Crippen LogP contribution is 2.38. The van der Waals surface area contributed by atoms with Gasteiger partial charge >= 0.3 is 0 Å². The standard InChI is InChI=1S/C26H28N4O4S/c1-16-8-10-17(11-9-16)30-13-12-20(31)23(29-30)25(33)28-26-22(19-6-2-3-7-21(19)35-26)24(32)27-15-18-5-4-14-34-18/h8-13,18H,2-7,14-15H2,1H3,(H,27,32)(H,28,33)/t18-/m1/s1. The third kappa shape index (κ3) is 5.06. The lowest BCUT2D eigenvalue weighted by molar-refractivity contribution is 0.0858. The Morgan fingerprint density at radius 3 is 2.69 bits per heavy atom. The van der Waals surface area contributed by atoms with Crippen LogP contribution in [0.3, 0.4) is 0 Å². The molecule has 1 atom stereocenters. The summed E-state index contributed by atoms with van der Waals surface area (Å²) >= 11 is 1.42. The van der Waals surface area contributed by atoms with Crippen LogP contribution in [0.25, 0.3) is 5.69 Å². The fourth-order valence-corrected chi connectivity index (χ4v) is 5.84. The van der Waals surface area contributed by atoms with Gasteiger partial charge in [-0.15, -0.1) is 11.3 Å². The Morgan fingerprint density at radius 2 is 1.91 bits per heavy atom. The average Bonchev–Trinajstić information content (AvgIpc) is 3.51. The van der Waals surface area contributed by atoms with Crippen molar-refractivity contribution in [1.82, 2.24) is 15.1 Å². The summed E-state index contributed by atoms with van der Waals surface area (Å²) in [7, 11) is 0. The number of nitrogens with zero attached hydrogens (tertiary/aromatic N) is 2. The average molecular weight is 493 g/mol. The molecule has 3 aromatic rings. The molecular weight excluding hydrogens is 464 g/mol. The topological polar surface area (TPSA) is 102 Å². The van der Waals surface area contributed by atoms with Crippen molar-refractivity contribution >= 4 is 28.2 Å². The van der Waals surface area contributed by atoms with Crippen molar-refractivity contribution in [2.24, 2.45) is 0 Å². The number of amides is 2. The van der Waals surface area contributed by atoms with Gasteiger partial charge in [0.15, 0.2) is 5.69 Å². The van der Waals surface area contributed by atoms with Gasteiger partial charge in [0.1, 0.15) is 5.00 Å². The molecule has 0 unspecified atom stereocenters. The van der Waals surface area contributed by atoms with Crippen LogP contribution in [-0.4, -0.2) is 40.9 Å². The van der Waals surface area contributed by atoms with Crippen LogP contribution in [0, 0.1) is 6.92 Å². The van der Waals surface area contributed by atoms with Crippen molar-refractivity contribution < 1.29 is 14.3 Å². The number of aryl methyl sites for hydroxylation is 2. The van der Waals surface area contributed by atoms with E-state index < -0.39 is 11.3 Å². The molecule has 8 nitrogen and oxygen atoms in total. The number of fused-ring (bicyclic) bond motifs is 1. The number of anilines is 1. The van der Waals surface area contributed by atoms with Crippen LogP contribution in [0.2, 0.25) is 0 Å². The third-order valence-electron chi connectivity index (χ3n) is 6.46. The number of hydrogen-bond acceptors (Lipinski definition) is 6. The second-order valence-electron chi connectivity index (χ2n) is 9.02. The van der Waals surface area contributed by atoms with Crippen molar-refractivity contribution in [2.75, 3.05) is 18.5 Å². The van der Waals surface area contributed by atoms with Crippen molar-refractivity contribution in [3.05, 3.63) is 74.0 Å². The van der Waals surface area contributed by atoms with Crippen molar-refractivity contribution in [3.63, 3.8) is 0 Å². The maximum absolute atomic E-state index is 13.2. The fraction of sp³-hybridized carbons (Fsp3) is 0.385. The van der Waals surface area contributed by atoms with E-state index in [1.807, 2.05) is 31.2 Å². The van der Waals surface area contributed by atoms with Crippen molar-refractivity contribution in [2.45, 2.75) is 51.6 Å². The molecule has 0 spiro atoms. The summed E-state index contributed by atoms with van der Waals surface area (Å²) in [6, 6.07) is 8.95. The van der Waals surface area contributed by atoms with Gasteiger partial charge in [-0.25, -0.2) is 4.68 Å². The van der Waals surface area contributed by atoms with Crippen molar-refractivity contribution in [1.29, 1.82) is 0 Å². The second-order valence-corrected chi connectivity index (χ2v) is 10.1. The molecule has 182 valence electrons.